The maximum Gasteiger partial charge on any atom is 0.255 e. The molecule has 1 amide bonds. The first-order chi connectivity index (χ1) is 13.4. The van der Waals surface area contributed by atoms with Crippen LogP contribution in [0.2, 0.25) is 5.02 Å². The lowest BCUT2D eigenvalue weighted by Crippen LogP contribution is -2.12. The van der Waals surface area contributed by atoms with Crippen LogP contribution in [0.3, 0.4) is 0 Å². The van der Waals surface area contributed by atoms with Gasteiger partial charge in [0.25, 0.3) is 5.91 Å². The van der Waals surface area contributed by atoms with E-state index in [1.54, 1.807) is 18.2 Å². The summed E-state index contributed by atoms with van der Waals surface area (Å²) in [5, 5.41) is 3.43. The predicted molar refractivity (Wildman–Crippen MR) is 113 cm³/mol. The smallest absolute Gasteiger partial charge is 0.255 e. The second-order valence-electron chi connectivity index (χ2n) is 6.94. The molecule has 0 aliphatic carbocycles. The molecule has 0 aliphatic rings. The highest BCUT2D eigenvalue weighted by molar-refractivity contribution is 6.33. The van der Waals surface area contributed by atoms with E-state index in [4.69, 9.17) is 16.0 Å². The maximum absolute atomic E-state index is 12.6. The molecule has 0 atom stereocenters. The summed E-state index contributed by atoms with van der Waals surface area (Å²) >= 11 is 6.37. The van der Waals surface area contributed by atoms with Crippen molar-refractivity contribution in [1.82, 2.24) is 4.98 Å². The maximum atomic E-state index is 12.6. The third-order valence-electron chi connectivity index (χ3n) is 4.77. The molecule has 3 aromatic carbocycles. The van der Waals surface area contributed by atoms with Crippen molar-refractivity contribution in [1.29, 1.82) is 0 Å². The number of amides is 1. The Morgan fingerprint density at radius 2 is 1.79 bits per heavy atom. The summed E-state index contributed by atoms with van der Waals surface area (Å²) in [6, 6.07) is 16.7. The zero-order valence-corrected chi connectivity index (χ0v) is 16.6. The van der Waals surface area contributed by atoms with Crippen molar-refractivity contribution in [2.75, 3.05) is 5.32 Å². The third-order valence-corrected chi connectivity index (χ3v) is 5.10. The number of nitrogens with zero attached hydrogens (tertiary/aromatic N) is 1. The first-order valence-corrected chi connectivity index (χ1v) is 9.34. The molecule has 5 heteroatoms. The normalized spacial score (nSPS) is 11.0. The molecule has 4 rings (SSSR count). The third kappa shape index (κ3) is 3.51. The van der Waals surface area contributed by atoms with Crippen LogP contribution in [0.5, 0.6) is 0 Å². The van der Waals surface area contributed by atoms with Crippen molar-refractivity contribution in [3.05, 3.63) is 81.9 Å². The summed E-state index contributed by atoms with van der Waals surface area (Å²) in [5.74, 6) is 0.248. The van der Waals surface area contributed by atoms with Crippen molar-refractivity contribution in [3.63, 3.8) is 0 Å². The van der Waals surface area contributed by atoms with E-state index in [-0.39, 0.29) is 5.91 Å². The van der Waals surface area contributed by atoms with Crippen LogP contribution in [0.4, 0.5) is 5.69 Å². The average molecular weight is 391 g/mol. The molecule has 1 aromatic heterocycles. The monoisotopic (exact) mass is 390 g/mol. The van der Waals surface area contributed by atoms with E-state index in [1.165, 1.54) is 0 Å². The Labute approximate surface area is 168 Å². The number of oxazole rings is 1. The van der Waals surface area contributed by atoms with Crippen molar-refractivity contribution in [2.45, 2.75) is 20.8 Å². The highest BCUT2D eigenvalue weighted by atomic mass is 35.5. The first-order valence-electron chi connectivity index (χ1n) is 8.96. The molecule has 140 valence electrons. The second-order valence-corrected chi connectivity index (χ2v) is 7.35. The van der Waals surface area contributed by atoms with Gasteiger partial charge in [0.15, 0.2) is 5.58 Å². The summed E-state index contributed by atoms with van der Waals surface area (Å²) in [6.45, 7) is 6.01. The van der Waals surface area contributed by atoms with Crippen LogP contribution in [0.1, 0.15) is 27.0 Å². The number of hydrogen-bond donors (Lipinski definition) is 1. The van der Waals surface area contributed by atoms with Gasteiger partial charge in [0.1, 0.15) is 5.52 Å². The minimum Gasteiger partial charge on any atom is -0.436 e. The SMILES string of the molecule is Cc1ccc2oc(-c3cc(NC(=O)c4ccc(C)c(C)c4)ccc3Cl)nc2c1. The van der Waals surface area contributed by atoms with Crippen LogP contribution in [0, 0.1) is 20.8 Å². The molecule has 1 heterocycles. The fourth-order valence-corrected chi connectivity index (χ4v) is 3.20. The number of anilines is 1. The largest absolute Gasteiger partial charge is 0.436 e. The number of carbonyl (C=O) groups excluding carboxylic acids is 1. The van der Waals surface area contributed by atoms with Gasteiger partial charge in [-0.1, -0.05) is 23.7 Å². The summed E-state index contributed by atoms with van der Waals surface area (Å²) in [4.78, 5) is 17.1. The molecule has 0 radical (unpaired) electrons. The van der Waals surface area contributed by atoms with Crippen LogP contribution in [0.15, 0.2) is 59.0 Å². The Morgan fingerprint density at radius 3 is 2.57 bits per heavy atom. The standard InChI is InChI=1S/C23H19ClN2O2/c1-13-4-9-21-20(10-13)26-23(28-21)18-12-17(7-8-19(18)24)25-22(27)16-6-5-14(2)15(3)11-16/h4-12H,1-3H3,(H,25,27). The molecule has 28 heavy (non-hydrogen) atoms. The van der Waals surface area contributed by atoms with Gasteiger partial charge in [0, 0.05) is 11.3 Å². The quantitative estimate of drug-likeness (QED) is 0.445. The van der Waals surface area contributed by atoms with Gasteiger partial charge in [0.2, 0.25) is 5.89 Å². The van der Waals surface area contributed by atoms with E-state index in [2.05, 4.69) is 10.3 Å². The number of aromatic nitrogens is 1. The number of fused-ring (bicyclic) bond motifs is 1. The van der Waals surface area contributed by atoms with E-state index in [9.17, 15) is 4.79 Å². The van der Waals surface area contributed by atoms with Gasteiger partial charge in [-0.2, -0.15) is 0 Å². The van der Waals surface area contributed by atoms with E-state index in [0.29, 0.717) is 33.3 Å². The molecule has 0 unspecified atom stereocenters. The molecule has 0 bridgehead atoms. The lowest BCUT2D eigenvalue weighted by Gasteiger charge is -2.09. The van der Waals surface area contributed by atoms with Crippen LogP contribution >= 0.6 is 11.6 Å². The van der Waals surface area contributed by atoms with E-state index in [0.717, 1.165) is 22.2 Å². The number of nitrogens with one attached hydrogen (secondary N) is 1. The Morgan fingerprint density at radius 1 is 0.964 bits per heavy atom. The van der Waals surface area contributed by atoms with Crippen molar-refractivity contribution < 1.29 is 9.21 Å². The summed E-state index contributed by atoms with van der Waals surface area (Å²) < 4.78 is 5.86. The minimum absolute atomic E-state index is 0.176. The Kier molecular flexibility index (Phi) is 4.65. The molecular weight excluding hydrogens is 372 g/mol. The second kappa shape index (κ2) is 7.13. The number of aryl methyl sites for hydroxylation is 3. The van der Waals surface area contributed by atoms with Gasteiger partial charge in [-0.15, -0.1) is 0 Å². The van der Waals surface area contributed by atoms with Crippen LogP contribution < -0.4 is 5.32 Å². The zero-order valence-electron chi connectivity index (χ0n) is 15.8. The van der Waals surface area contributed by atoms with Crippen LogP contribution in [-0.4, -0.2) is 10.9 Å². The van der Waals surface area contributed by atoms with Gasteiger partial charge < -0.3 is 9.73 Å². The number of rotatable bonds is 3. The molecule has 0 saturated heterocycles. The molecule has 0 fully saturated rings. The lowest BCUT2D eigenvalue weighted by molar-refractivity contribution is 0.102. The van der Waals surface area contributed by atoms with Crippen LogP contribution in [-0.2, 0) is 0 Å². The van der Waals surface area contributed by atoms with Gasteiger partial charge in [-0.05, 0) is 79.9 Å². The fraction of sp³-hybridized carbons (Fsp3) is 0.130. The van der Waals surface area contributed by atoms with Crippen molar-refractivity contribution in [2.24, 2.45) is 0 Å². The number of carbonyl (C=O) groups is 1. The molecular formula is C23H19ClN2O2. The van der Waals surface area contributed by atoms with Gasteiger partial charge >= 0.3 is 0 Å². The topological polar surface area (TPSA) is 55.1 Å². The Bertz CT molecular complexity index is 1210. The van der Waals surface area contributed by atoms with E-state index in [1.807, 2.05) is 57.2 Å². The Balaban J connectivity index is 1.66. The first kappa shape index (κ1) is 18.3. The molecule has 4 aromatic rings. The Hall–Kier alpha value is -3.11. The molecule has 0 saturated carbocycles. The molecule has 4 nitrogen and oxygen atoms in total. The zero-order chi connectivity index (χ0) is 19.8. The summed E-state index contributed by atoms with van der Waals surface area (Å²) in [5.41, 5.74) is 6.67. The average Bonchev–Trinajstić information content (AvgIpc) is 3.08. The van der Waals surface area contributed by atoms with Crippen LogP contribution in [0.25, 0.3) is 22.6 Å². The molecule has 1 N–H and O–H groups in total. The fourth-order valence-electron chi connectivity index (χ4n) is 3.01. The van der Waals surface area contributed by atoms with E-state index >= 15 is 0 Å². The summed E-state index contributed by atoms with van der Waals surface area (Å²) in [7, 11) is 0. The van der Waals surface area contributed by atoms with Crippen molar-refractivity contribution >= 4 is 34.3 Å². The lowest BCUT2D eigenvalue weighted by atomic mass is 10.1. The number of benzene rings is 3. The van der Waals surface area contributed by atoms with Gasteiger partial charge in [-0.3, -0.25) is 4.79 Å². The highest BCUT2D eigenvalue weighted by Crippen LogP contribution is 2.32. The highest BCUT2D eigenvalue weighted by Gasteiger charge is 2.14. The number of hydrogen-bond acceptors (Lipinski definition) is 3. The van der Waals surface area contributed by atoms with Gasteiger partial charge in [-0.25, -0.2) is 4.98 Å². The predicted octanol–water partition coefficient (Wildman–Crippen LogP) is 6.33. The minimum atomic E-state index is -0.176. The number of halogens is 1. The summed E-state index contributed by atoms with van der Waals surface area (Å²) in [6.07, 6.45) is 0. The van der Waals surface area contributed by atoms with Gasteiger partial charge in [0.05, 0.1) is 10.6 Å². The molecule has 0 spiro atoms. The van der Waals surface area contributed by atoms with Crippen molar-refractivity contribution in [3.8, 4) is 11.5 Å². The molecule has 0 aliphatic heterocycles. The van der Waals surface area contributed by atoms with E-state index < -0.39 is 0 Å².